The Balaban J connectivity index is 2.32. The van der Waals surface area contributed by atoms with E-state index in [0.29, 0.717) is 18.7 Å². The minimum Gasteiger partial charge on any atom is -0.389 e. The second-order valence-corrected chi connectivity index (χ2v) is 4.17. The molecule has 0 saturated carbocycles. The van der Waals surface area contributed by atoms with Crippen LogP contribution in [0.2, 0.25) is 0 Å². The van der Waals surface area contributed by atoms with E-state index in [0.717, 1.165) is 11.3 Å². The van der Waals surface area contributed by atoms with Gasteiger partial charge in [0.15, 0.2) is 0 Å². The lowest BCUT2D eigenvalue weighted by molar-refractivity contribution is 0.0572. The lowest BCUT2D eigenvalue weighted by atomic mass is 10.1. The van der Waals surface area contributed by atoms with Crippen molar-refractivity contribution >= 4 is 5.69 Å². The van der Waals surface area contributed by atoms with Crippen LogP contribution in [0.1, 0.15) is 11.1 Å². The van der Waals surface area contributed by atoms with E-state index in [1.165, 1.54) is 0 Å². The Bertz CT molecular complexity index is 429. The van der Waals surface area contributed by atoms with Crippen molar-refractivity contribution in [1.82, 2.24) is 0 Å². The molecule has 1 saturated heterocycles. The summed E-state index contributed by atoms with van der Waals surface area (Å²) in [5, 5.41) is 28.0. The second kappa shape index (κ2) is 4.12. The number of benzene rings is 1. The Labute approximate surface area is 94.4 Å². The minimum atomic E-state index is -0.729. The quantitative estimate of drug-likeness (QED) is 0.716. The smallest absolute Gasteiger partial charge is 0.101 e. The summed E-state index contributed by atoms with van der Waals surface area (Å²) in [6, 6.07) is 7.73. The molecule has 2 N–H and O–H groups in total. The van der Waals surface area contributed by atoms with Gasteiger partial charge < -0.3 is 15.1 Å². The summed E-state index contributed by atoms with van der Waals surface area (Å²) in [6.45, 7) is 2.68. The van der Waals surface area contributed by atoms with Gasteiger partial charge in [0.1, 0.15) is 6.07 Å². The molecule has 0 aliphatic carbocycles. The highest BCUT2D eigenvalue weighted by atomic mass is 16.3. The summed E-state index contributed by atoms with van der Waals surface area (Å²) in [6.07, 6.45) is -1.46. The summed E-state index contributed by atoms with van der Waals surface area (Å²) >= 11 is 0. The van der Waals surface area contributed by atoms with E-state index in [-0.39, 0.29) is 0 Å². The molecule has 16 heavy (non-hydrogen) atoms. The zero-order valence-corrected chi connectivity index (χ0v) is 9.09. The molecular weight excluding hydrogens is 204 g/mol. The lowest BCUT2D eigenvalue weighted by Crippen LogP contribution is -2.22. The van der Waals surface area contributed by atoms with Gasteiger partial charge in [0.05, 0.1) is 23.5 Å². The average Bonchev–Trinajstić information content (AvgIpc) is 2.59. The molecule has 0 bridgehead atoms. The SMILES string of the molecule is Cc1ccc(N2CC(O)C(O)C2)c(C#N)c1. The van der Waals surface area contributed by atoms with Gasteiger partial charge in [-0.05, 0) is 24.6 Å². The fourth-order valence-electron chi connectivity index (χ4n) is 1.98. The number of rotatable bonds is 1. The van der Waals surface area contributed by atoms with E-state index in [9.17, 15) is 10.2 Å². The maximum atomic E-state index is 9.47. The molecule has 0 radical (unpaired) electrons. The van der Waals surface area contributed by atoms with E-state index in [4.69, 9.17) is 5.26 Å². The van der Waals surface area contributed by atoms with Gasteiger partial charge in [0.2, 0.25) is 0 Å². The Morgan fingerprint density at radius 3 is 2.50 bits per heavy atom. The first-order valence-corrected chi connectivity index (χ1v) is 5.23. The van der Waals surface area contributed by atoms with Crippen molar-refractivity contribution in [3.8, 4) is 6.07 Å². The Kier molecular flexibility index (Phi) is 2.82. The highest BCUT2D eigenvalue weighted by Gasteiger charge is 2.30. The van der Waals surface area contributed by atoms with Crippen molar-refractivity contribution in [2.45, 2.75) is 19.1 Å². The molecule has 1 fully saturated rings. The predicted molar refractivity (Wildman–Crippen MR) is 60.1 cm³/mol. The molecule has 1 aromatic rings. The molecule has 1 aliphatic rings. The third-order valence-corrected chi connectivity index (χ3v) is 2.87. The van der Waals surface area contributed by atoms with E-state index in [2.05, 4.69) is 6.07 Å². The fourth-order valence-corrected chi connectivity index (χ4v) is 1.98. The number of nitriles is 1. The van der Waals surface area contributed by atoms with Crippen LogP contribution in [0.3, 0.4) is 0 Å². The van der Waals surface area contributed by atoms with Crippen molar-refractivity contribution in [3.63, 3.8) is 0 Å². The van der Waals surface area contributed by atoms with Crippen molar-refractivity contribution < 1.29 is 10.2 Å². The van der Waals surface area contributed by atoms with Crippen molar-refractivity contribution in [3.05, 3.63) is 29.3 Å². The molecule has 84 valence electrons. The van der Waals surface area contributed by atoms with Crippen LogP contribution < -0.4 is 4.90 Å². The third kappa shape index (κ3) is 1.87. The van der Waals surface area contributed by atoms with E-state index in [1.807, 2.05) is 30.0 Å². The molecule has 1 aromatic carbocycles. The Morgan fingerprint density at radius 1 is 1.31 bits per heavy atom. The third-order valence-electron chi connectivity index (χ3n) is 2.87. The van der Waals surface area contributed by atoms with Crippen molar-refractivity contribution in [1.29, 1.82) is 5.26 Å². The van der Waals surface area contributed by atoms with Gasteiger partial charge in [0, 0.05) is 13.1 Å². The molecular formula is C12H14N2O2. The molecule has 1 aliphatic heterocycles. The first-order chi connectivity index (χ1) is 7.61. The fraction of sp³-hybridized carbons (Fsp3) is 0.417. The first kappa shape index (κ1) is 10.9. The number of anilines is 1. The monoisotopic (exact) mass is 218 g/mol. The van der Waals surface area contributed by atoms with Crippen LogP contribution in [0.4, 0.5) is 5.69 Å². The van der Waals surface area contributed by atoms with Gasteiger partial charge >= 0.3 is 0 Å². The molecule has 2 rings (SSSR count). The topological polar surface area (TPSA) is 67.5 Å². The Morgan fingerprint density at radius 2 is 1.94 bits per heavy atom. The van der Waals surface area contributed by atoms with Crippen molar-refractivity contribution in [2.75, 3.05) is 18.0 Å². The standard InChI is InChI=1S/C12H14N2O2/c1-8-2-3-10(9(4-8)5-13)14-6-11(15)12(16)7-14/h2-4,11-12,15-16H,6-7H2,1H3. The first-order valence-electron chi connectivity index (χ1n) is 5.23. The summed E-state index contributed by atoms with van der Waals surface area (Å²) < 4.78 is 0. The van der Waals surface area contributed by atoms with Crippen LogP contribution in [-0.2, 0) is 0 Å². The number of aryl methyl sites for hydroxylation is 1. The highest BCUT2D eigenvalue weighted by Crippen LogP contribution is 2.25. The zero-order chi connectivity index (χ0) is 11.7. The van der Waals surface area contributed by atoms with Gasteiger partial charge in [-0.2, -0.15) is 5.26 Å². The summed E-state index contributed by atoms with van der Waals surface area (Å²) in [4.78, 5) is 1.84. The van der Waals surface area contributed by atoms with Crippen LogP contribution >= 0.6 is 0 Å². The van der Waals surface area contributed by atoms with Crippen LogP contribution in [0.25, 0.3) is 0 Å². The molecule has 4 nitrogen and oxygen atoms in total. The van der Waals surface area contributed by atoms with Gasteiger partial charge in [-0.1, -0.05) is 6.07 Å². The number of hydrogen-bond donors (Lipinski definition) is 2. The summed E-state index contributed by atoms with van der Waals surface area (Å²) in [7, 11) is 0. The largest absolute Gasteiger partial charge is 0.389 e. The Hall–Kier alpha value is -1.57. The predicted octanol–water partition coefficient (Wildman–Crippen LogP) is 0.408. The highest BCUT2D eigenvalue weighted by molar-refractivity contribution is 5.61. The minimum absolute atomic E-state index is 0.374. The molecule has 2 unspecified atom stereocenters. The van der Waals surface area contributed by atoms with E-state index in [1.54, 1.807) is 0 Å². The zero-order valence-electron chi connectivity index (χ0n) is 9.09. The van der Waals surface area contributed by atoms with E-state index < -0.39 is 12.2 Å². The molecule has 0 aromatic heterocycles. The molecule has 4 heteroatoms. The summed E-state index contributed by atoms with van der Waals surface area (Å²) in [5.41, 5.74) is 2.39. The average molecular weight is 218 g/mol. The van der Waals surface area contributed by atoms with Gasteiger partial charge in [-0.25, -0.2) is 0 Å². The van der Waals surface area contributed by atoms with Gasteiger partial charge in [-0.15, -0.1) is 0 Å². The maximum Gasteiger partial charge on any atom is 0.101 e. The summed E-state index contributed by atoms with van der Waals surface area (Å²) in [5.74, 6) is 0. The second-order valence-electron chi connectivity index (χ2n) is 4.17. The number of β-amino-alcohol motifs (C(OH)–C–C–N with tert-alkyl or cyclic N) is 2. The molecule has 0 amide bonds. The number of nitrogens with zero attached hydrogens (tertiary/aromatic N) is 2. The normalized spacial score (nSPS) is 24.5. The number of aliphatic hydroxyl groups excluding tert-OH is 2. The van der Waals surface area contributed by atoms with E-state index >= 15 is 0 Å². The van der Waals surface area contributed by atoms with Crippen LogP contribution in [0, 0.1) is 18.3 Å². The van der Waals surface area contributed by atoms with Gasteiger partial charge in [0.25, 0.3) is 0 Å². The van der Waals surface area contributed by atoms with Crippen LogP contribution in [0.15, 0.2) is 18.2 Å². The van der Waals surface area contributed by atoms with Gasteiger partial charge in [-0.3, -0.25) is 0 Å². The maximum absolute atomic E-state index is 9.47. The number of aliphatic hydroxyl groups is 2. The lowest BCUT2D eigenvalue weighted by Gasteiger charge is -2.19. The van der Waals surface area contributed by atoms with Crippen LogP contribution in [0.5, 0.6) is 0 Å². The van der Waals surface area contributed by atoms with Crippen LogP contribution in [-0.4, -0.2) is 35.5 Å². The van der Waals surface area contributed by atoms with Crippen molar-refractivity contribution in [2.24, 2.45) is 0 Å². The molecule has 0 spiro atoms. The molecule has 2 atom stereocenters. The molecule has 1 heterocycles. The number of hydrogen-bond acceptors (Lipinski definition) is 4.